The summed E-state index contributed by atoms with van der Waals surface area (Å²) in [4.78, 5) is 1.11. The Balaban J connectivity index is 1.54. The Kier molecular flexibility index (Phi) is 5.14. The molecule has 1 atom stereocenters. The number of ether oxygens (including phenoxy) is 1. The molecule has 0 saturated heterocycles. The van der Waals surface area contributed by atoms with Crippen LogP contribution in [0.4, 0.5) is 0 Å². The standard InChI is InChI=1S/C13H18N2O2S/c14-4-11-3-13(18-9-11)6-15-5-12(16)8-17-7-10-1-2-10/h3,9-10,12,15-16H,1-2,5-8H2. The molecule has 1 aromatic rings. The first-order valence-corrected chi connectivity index (χ1v) is 7.10. The van der Waals surface area contributed by atoms with Crippen molar-refractivity contribution >= 4 is 11.3 Å². The van der Waals surface area contributed by atoms with Crippen LogP contribution in [-0.2, 0) is 11.3 Å². The highest BCUT2D eigenvalue weighted by Crippen LogP contribution is 2.28. The summed E-state index contributed by atoms with van der Waals surface area (Å²) in [5.74, 6) is 0.737. The van der Waals surface area contributed by atoms with Gasteiger partial charge in [-0.15, -0.1) is 11.3 Å². The van der Waals surface area contributed by atoms with Gasteiger partial charge in [-0.05, 0) is 24.8 Å². The number of aliphatic hydroxyl groups excluding tert-OH is 1. The topological polar surface area (TPSA) is 65.3 Å². The van der Waals surface area contributed by atoms with Gasteiger partial charge in [0.05, 0.1) is 18.3 Å². The molecule has 1 unspecified atom stereocenters. The fraction of sp³-hybridized carbons (Fsp3) is 0.615. The van der Waals surface area contributed by atoms with Crippen molar-refractivity contribution in [3.05, 3.63) is 21.9 Å². The summed E-state index contributed by atoms with van der Waals surface area (Å²) in [6.07, 6.45) is 2.08. The van der Waals surface area contributed by atoms with Crippen molar-refractivity contribution in [2.45, 2.75) is 25.5 Å². The number of thiophene rings is 1. The number of aliphatic hydroxyl groups is 1. The third-order valence-corrected chi connectivity index (χ3v) is 3.76. The van der Waals surface area contributed by atoms with Gasteiger partial charge >= 0.3 is 0 Å². The minimum atomic E-state index is -0.459. The third-order valence-electron chi connectivity index (χ3n) is 2.82. The molecular formula is C13H18N2O2S. The van der Waals surface area contributed by atoms with Gasteiger partial charge in [0.15, 0.2) is 0 Å². The SMILES string of the molecule is N#Cc1csc(CNCC(O)COCC2CC2)c1. The van der Waals surface area contributed by atoms with Gasteiger partial charge in [0.1, 0.15) is 6.07 Å². The highest BCUT2D eigenvalue weighted by molar-refractivity contribution is 7.10. The molecule has 2 N–H and O–H groups in total. The summed E-state index contributed by atoms with van der Waals surface area (Å²) in [5.41, 5.74) is 0.699. The fourth-order valence-electron chi connectivity index (χ4n) is 1.61. The summed E-state index contributed by atoms with van der Waals surface area (Å²) < 4.78 is 5.41. The van der Waals surface area contributed by atoms with Gasteiger partial charge in [-0.1, -0.05) is 0 Å². The predicted molar refractivity (Wildman–Crippen MR) is 70.3 cm³/mol. The smallest absolute Gasteiger partial charge is 0.100 e. The molecule has 2 rings (SSSR count). The van der Waals surface area contributed by atoms with E-state index in [1.165, 1.54) is 12.8 Å². The summed E-state index contributed by atoms with van der Waals surface area (Å²) in [6.45, 7) is 2.39. The van der Waals surface area contributed by atoms with E-state index in [2.05, 4.69) is 11.4 Å². The molecule has 0 amide bonds. The van der Waals surface area contributed by atoms with E-state index in [9.17, 15) is 5.11 Å². The second-order valence-electron chi connectivity index (χ2n) is 4.68. The first-order valence-electron chi connectivity index (χ1n) is 6.22. The van der Waals surface area contributed by atoms with Crippen molar-refractivity contribution in [1.29, 1.82) is 5.26 Å². The van der Waals surface area contributed by atoms with E-state index in [4.69, 9.17) is 10.00 Å². The zero-order valence-corrected chi connectivity index (χ0v) is 11.1. The van der Waals surface area contributed by atoms with Crippen molar-refractivity contribution in [2.24, 2.45) is 5.92 Å². The van der Waals surface area contributed by atoms with Crippen LogP contribution >= 0.6 is 11.3 Å². The van der Waals surface area contributed by atoms with Gasteiger partial charge in [-0.25, -0.2) is 0 Å². The molecule has 18 heavy (non-hydrogen) atoms. The molecule has 0 spiro atoms. The number of hydrogen-bond acceptors (Lipinski definition) is 5. The zero-order chi connectivity index (χ0) is 12.8. The second-order valence-corrected chi connectivity index (χ2v) is 5.67. The van der Waals surface area contributed by atoms with E-state index in [0.717, 1.165) is 17.4 Å². The van der Waals surface area contributed by atoms with Crippen LogP contribution in [0.1, 0.15) is 23.3 Å². The van der Waals surface area contributed by atoms with E-state index < -0.39 is 6.10 Å². The maximum Gasteiger partial charge on any atom is 0.100 e. The van der Waals surface area contributed by atoms with Gasteiger partial charge in [-0.2, -0.15) is 5.26 Å². The molecule has 1 aromatic heterocycles. The van der Waals surface area contributed by atoms with E-state index >= 15 is 0 Å². The number of nitriles is 1. The summed E-state index contributed by atoms with van der Waals surface area (Å²) in [7, 11) is 0. The molecule has 1 heterocycles. The minimum absolute atomic E-state index is 0.400. The summed E-state index contributed by atoms with van der Waals surface area (Å²) >= 11 is 1.56. The van der Waals surface area contributed by atoms with Crippen molar-refractivity contribution in [3.63, 3.8) is 0 Å². The maximum atomic E-state index is 9.68. The number of nitrogens with zero attached hydrogens (tertiary/aromatic N) is 1. The maximum absolute atomic E-state index is 9.68. The lowest BCUT2D eigenvalue weighted by molar-refractivity contribution is 0.0324. The van der Waals surface area contributed by atoms with Crippen molar-refractivity contribution < 1.29 is 9.84 Å². The monoisotopic (exact) mass is 266 g/mol. The number of hydrogen-bond donors (Lipinski definition) is 2. The third kappa shape index (κ3) is 4.75. The summed E-state index contributed by atoms with van der Waals surface area (Å²) in [5, 5.41) is 23.4. The molecule has 1 saturated carbocycles. The first-order chi connectivity index (χ1) is 8.78. The van der Waals surface area contributed by atoms with Gasteiger partial charge < -0.3 is 15.2 Å². The Bertz CT molecular complexity index is 409. The Hall–Kier alpha value is -0.930. The van der Waals surface area contributed by atoms with Gasteiger partial charge in [0, 0.05) is 30.0 Å². The van der Waals surface area contributed by atoms with Gasteiger partial charge in [0.2, 0.25) is 0 Å². The molecule has 4 nitrogen and oxygen atoms in total. The number of rotatable bonds is 8. The normalized spacial score (nSPS) is 16.4. The molecule has 1 aliphatic carbocycles. The predicted octanol–water partition coefficient (Wildman–Crippen LogP) is 1.50. The van der Waals surface area contributed by atoms with Crippen LogP contribution in [0.15, 0.2) is 11.4 Å². The van der Waals surface area contributed by atoms with E-state index in [1.807, 2.05) is 11.4 Å². The van der Waals surface area contributed by atoms with E-state index in [1.54, 1.807) is 11.3 Å². The highest BCUT2D eigenvalue weighted by atomic mass is 32.1. The summed E-state index contributed by atoms with van der Waals surface area (Å²) in [6, 6.07) is 3.97. The molecule has 98 valence electrons. The lowest BCUT2D eigenvalue weighted by Gasteiger charge is -2.11. The quantitative estimate of drug-likeness (QED) is 0.748. The lowest BCUT2D eigenvalue weighted by atomic mass is 10.3. The van der Waals surface area contributed by atoms with Crippen LogP contribution in [0, 0.1) is 17.2 Å². The Morgan fingerprint density at radius 1 is 1.61 bits per heavy atom. The number of nitrogens with one attached hydrogen (secondary N) is 1. The van der Waals surface area contributed by atoms with Crippen molar-refractivity contribution in [1.82, 2.24) is 5.32 Å². The molecular weight excluding hydrogens is 248 g/mol. The van der Waals surface area contributed by atoms with Crippen LogP contribution in [0.25, 0.3) is 0 Å². The van der Waals surface area contributed by atoms with Crippen molar-refractivity contribution in [3.8, 4) is 6.07 Å². The fourth-order valence-corrected chi connectivity index (χ4v) is 2.39. The van der Waals surface area contributed by atoms with Gasteiger partial charge in [-0.3, -0.25) is 0 Å². The van der Waals surface area contributed by atoms with Crippen LogP contribution in [0.2, 0.25) is 0 Å². The van der Waals surface area contributed by atoms with E-state index in [0.29, 0.717) is 25.3 Å². The molecule has 0 bridgehead atoms. The molecule has 1 fully saturated rings. The molecule has 0 aromatic carbocycles. The van der Waals surface area contributed by atoms with Gasteiger partial charge in [0.25, 0.3) is 0 Å². The first kappa shape index (κ1) is 13.5. The zero-order valence-electron chi connectivity index (χ0n) is 10.3. The van der Waals surface area contributed by atoms with E-state index in [-0.39, 0.29) is 0 Å². The highest BCUT2D eigenvalue weighted by Gasteiger charge is 2.21. The Labute approximate surface area is 111 Å². The molecule has 5 heteroatoms. The molecule has 0 radical (unpaired) electrons. The lowest BCUT2D eigenvalue weighted by Crippen LogP contribution is -2.30. The van der Waals surface area contributed by atoms with Crippen molar-refractivity contribution in [2.75, 3.05) is 19.8 Å². The van der Waals surface area contributed by atoms with Crippen LogP contribution < -0.4 is 5.32 Å². The average Bonchev–Trinajstić information content (AvgIpc) is 3.07. The van der Waals surface area contributed by atoms with Crippen LogP contribution in [0.5, 0.6) is 0 Å². The molecule has 0 aliphatic heterocycles. The second kappa shape index (κ2) is 6.86. The Morgan fingerprint density at radius 2 is 2.44 bits per heavy atom. The van der Waals surface area contributed by atoms with Crippen LogP contribution in [0.3, 0.4) is 0 Å². The average molecular weight is 266 g/mol. The minimum Gasteiger partial charge on any atom is -0.389 e. The molecule has 1 aliphatic rings. The van der Waals surface area contributed by atoms with Crippen LogP contribution in [-0.4, -0.2) is 31.0 Å². The Morgan fingerprint density at radius 3 is 3.11 bits per heavy atom. The largest absolute Gasteiger partial charge is 0.389 e.